The molecule has 0 fully saturated rings. The summed E-state index contributed by atoms with van der Waals surface area (Å²) in [5, 5.41) is 0. The van der Waals surface area contributed by atoms with Gasteiger partial charge in [0.1, 0.15) is 0 Å². The van der Waals surface area contributed by atoms with Gasteiger partial charge in [-0.2, -0.15) is 0 Å². The Balaban J connectivity index is 3.03. The predicted octanol–water partition coefficient (Wildman–Crippen LogP) is 2.51. The van der Waals surface area contributed by atoms with Crippen LogP contribution in [0.3, 0.4) is 0 Å². The number of hydrogen-bond acceptors (Lipinski definition) is 1. The average Bonchev–Trinajstić information content (AvgIpc) is 1.99. The second-order valence-corrected chi connectivity index (χ2v) is 3.18. The van der Waals surface area contributed by atoms with Gasteiger partial charge in [0.15, 0.2) is 0 Å². The number of unbranched alkanes of at least 4 members (excludes halogenated alkanes) is 2. The first-order valence-corrected chi connectivity index (χ1v) is 4.70. The molecule has 0 aromatic heterocycles. The Morgan fingerprint density at radius 3 is 2.64 bits per heavy atom. The number of halogens is 1. The number of likely N-dealkylation sites (N-methyl/N-ethyl adjacent to an activating group) is 1. The fourth-order valence-electron chi connectivity index (χ4n) is 0.965. The van der Waals surface area contributed by atoms with Crippen LogP contribution in [-0.2, 0) is 0 Å². The van der Waals surface area contributed by atoms with Gasteiger partial charge in [0.25, 0.3) is 0 Å². The van der Waals surface area contributed by atoms with Crippen LogP contribution in [0, 0.1) is 0 Å². The van der Waals surface area contributed by atoms with E-state index in [-0.39, 0.29) is 0 Å². The summed E-state index contributed by atoms with van der Waals surface area (Å²) in [7, 11) is 2.11. The Kier molecular flexibility index (Phi) is 8.08. The van der Waals surface area contributed by atoms with E-state index in [0.717, 1.165) is 25.4 Å². The van der Waals surface area contributed by atoms with Crippen LogP contribution in [0.4, 0.5) is 0 Å². The van der Waals surface area contributed by atoms with Crippen molar-refractivity contribution in [2.24, 2.45) is 0 Å². The molecule has 2 heteroatoms. The minimum absolute atomic E-state index is 0.797. The molecule has 0 aromatic carbocycles. The standard InChI is InChI=1S/C9H18ClN/c1-3-8-11(2)9-6-4-5-7-10/h3H,1,4-9H2,2H3. The number of rotatable bonds is 7. The first-order valence-electron chi connectivity index (χ1n) is 4.16. The van der Waals surface area contributed by atoms with E-state index in [0.29, 0.717) is 0 Å². The third kappa shape index (κ3) is 7.89. The normalized spacial score (nSPS) is 10.5. The van der Waals surface area contributed by atoms with Gasteiger partial charge in [0.05, 0.1) is 0 Å². The van der Waals surface area contributed by atoms with Crippen molar-refractivity contribution in [3.63, 3.8) is 0 Å². The fourth-order valence-corrected chi connectivity index (χ4v) is 1.15. The largest absolute Gasteiger partial charge is 0.303 e. The van der Waals surface area contributed by atoms with E-state index >= 15 is 0 Å². The minimum atomic E-state index is 0.797. The van der Waals surface area contributed by atoms with Crippen LogP contribution in [0.2, 0.25) is 0 Å². The first kappa shape index (κ1) is 11.0. The summed E-state index contributed by atoms with van der Waals surface area (Å²) in [4.78, 5) is 2.27. The predicted molar refractivity (Wildman–Crippen MR) is 52.3 cm³/mol. The Morgan fingerprint density at radius 2 is 2.09 bits per heavy atom. The molecule has 11 heavy (non-hydrogen) atoms. The van der Waals surface area contributed by atoms with E-state index in [1.165, 1.54) is 12.8 Å². The highest BCUT2D eigenvalue weighted by atomic mass is 35.5. The van der Waals surface area contributed by atoms with E-state index in [2.05, 4.69) is 18.5 Å². The SMILES string of the molecule is C=CCN(C)CCCCCCl. The zero-order chi connectivity index (χ0) is 8.53. The van der Waals surface area contributed by atoms with E-state index in [9.17, 15) is 0 Å². The summed E-state index contributed by atoms with van der Waals surface area (Å²) < 4.78 is 0. The summed E-state index contributed by atoms with van der Waals surface area (Å²) >= 11 is 5.55. The molecule has 0 amide bonds. The van der Waals surface area contributed by atoms with Gasteiger partial charge in [-0.1, -0.05) is 12.5 Å². The first-order chi connectivity index (χ1) is 5.31. The van der Waals surface area contributed by atoms with E-state index in [1.54, 1.807) is 0 Å². The molecule has 0 aromatic rings. The Hall–Kier alpha value is -0.0100. The van der Waals surface area contributed by atoms with Crippen LogP contribution in [0.5, 0.6) is 0 Å². The Bertz CT molecular complexity index is 93.6. The zero-order valence-corrected chi connectivity index (χ0v) is 8.11. The van der Waals surface area contributed by atoms with Crippen LogP contribution >= 0.6 is 11.6 Å². The molecule has 0 aliphatic heterocycles. The van der Waals surface area contributed by atoms with Crippen molar-refractivity contribution in [3.05, 3.63) is 12.7 Å². The molecule has 0 N–H and O–H groups in total. The molecular weight excluding hydrogens is 158 g/mol. The monoisotopic (exact) mass is 175 g/mol. The van der Waals surface area contributed by atoms with Crippen molar-refractivity contribution < 1.29 is 0 Å². The molecule has 0 saturated carbocycles. The molecule has 0 aliphatic carbocycles. The number of nitrogens with zero attached hydrogens (tertiary/aromatic N) is 1. The zero-order valence-electron chi connectivity index (χ0n) is 7.35. The Labute approximate surface area is 75.0 Å². The van der Waals surface area contributed by atoms with Gasteiger partial charge in [-0.3, -0.25) is 0 Å². The summed E-state index contributed by atoms with van der Waals surface area (Å²) in [6.07, 6.45) is 5.56. The van der Waals surface area contributed by atoms with Gasteiger partial charge >= 0.3 is 0 Å². The van der Waals surface area contributed by atoms with Crippen LogP contribution in [0.25, 0.3) is 0 Å². The van der Waals surface area contributed by atoms with Crippen molar-refractivity contribution in [2.75, 3.05) is 26.0 Å². The van der Waals surface area contributed by atoms with E-state index < -0.39 is 0 Å². The molecule has 0 aliphatic rings. The third-order valence-corrected chi connectivity index (χ3v) is 1.88. The van der Waals surface area contributed by atoms with Crippen LogP contribution < -0.4 is 0 Å². The van der Waals surface area contributed by atoms with Gasteiger partial charge in [-0.25, -0.2) is 0 Å². The summed E-state index contributed by atoms with van der Waals surface area (Å²) in [6.45, 7) is 5.82. The molecule has 66 valence electrons. The second-order valence-electron chi connectivity index (χ2n) is 2.80. The maximum atomic E-state index is 5.55. The van der Waals surface area contributed by atoms with Crippen molar-refractivity contribution >= 4 is 11.6 Å². The molecule has 0 unspecified atom stereocenters. The summed E-state index contributed by atoms with van der Waals surface area (Å²) in [5.41, 5.74) is 0. The second kappa shape index (κ2) is 8.09. The van der Waals surface area contributed by atoms with Crippen LogP contribution in [0.15, 0.2) is 12.7 Å². The van der Waals surface area contributed by atoms with Crippen molar-refractivity contribution in [2.45, 2.75) is 19.3 Å². The lowest BCUT2D eigenvalue weighted by Crippen LogP contribution is -2.19. The fraction of sp³-hybridized carbons (Fsp3) is 0.778. The Morgan fingerprint density at radius 1 is 1.36 bits per heavy atom. The molecule has 0 rings (SSSR count). The highest BCUT2D eigenvalue weighted by Gasteiger charge is 1.93. The molecule has 0 bridgehead atoms. The van der Waals surface area contributed by atoms with E-state index in [4.69, 9.17) is 11.6 Å². The molecule has 0 atom stereocenters. The lowest BCUT2D eigenvalue weighted by Gasteiger charge is -2.12. The van der Waals surface area contributed by atoms with Gasteiger partial charge in [0.2, 0.25) is 0 Å². The molecule has 0 saturated heterocycles. The third-order valence-electron chi connectivity index (χ3n) is 1.61. The minimum Gasteiger partial charge on any atom is -0.303 e. The maximum absolute atomic E-state index is 5.55. The van der Waals surface area contributed by atoms with Crippen molar-refractivity contribution in [1.82, 2.24) is 4.90 Å². The topological polar surface area (TPSA) is 3.24 Å². The number of hydrogen-bond donors (Lipinski definition) is 0. The molecule has 0 radical (unpaired) electrons. The molecule has 1 nitrogen and oxygen atoms in total. The summed E-state index contributed by atoms with van der Waals surface area (Å²) in [5.74, 6) is 0.797. The highest BCUT2D eigenvalue weighted by molar-refractivity contribution is 6.17. The lowest BCUT2D eigenvalue weighted by molar-refractivity contribution is 0.359. The smallest absolute Gasteiger partial charge is 0.0223 e. The van der Waals surface area contributed by atoms with Gasteiger partial charge in [-0.05, 0) is 26.4 Å². The number of alkyl halides is 1. The van der Waals surface area contributed by atoms with Crippen molar-refractivity contribution in [3.8, 4) is 0 Å². The molecule has 0 heterocycles. The van der Waals surface area contributed by atoms with Gasteiger partial charge in [0, 0.05) is 12.4 Å². The van der Waals surface area contributed by atoms with Gasteiger partial charge < -0.3 is 4.90 Å². The van der Waals surface area contributed by atoms with E-state index in [1.807, 2.05) is 6.08 Å². The maximum Gasteiger partial charge on any atom is 0.0223 e. The summed E-state index contributed by atoms with van der Waals surface area (Å²) in [6, 6.07) is 0. The van der Waals surface area contributed by atoms with Crippen molar-refractivity contribution in [1.29, 1.82) is 0 Å². The van der Waals surface area contributed by atoms with Crippen LogP contribution in [-0.4, -0.2) is 30.9 Å². The van der Waals surface area contributed by atoms with Gasteiger partial charge in [-0.15, -0.1) is 18.2 Å². The molecule has 0 spiro atoms. The molecular formula is C9H18ClN. The highest BCUT2D eigenvalue weighted by Crippen LogP contribution is 1.98. The average molecular weight is 176 g/mol. The quantitative estimate of drug-likeness (QED) is 0.327. The lowest BCUT2D eigenvalue weighted by atomic mass is 10.2. The van der Waals surface area contributed by atoms with Crippen LogP contribution in [0.1, 0.15) is 19.3 Å².